The highest BCUT2D eigenvalue weighted by Crippen LogP contribution is 2.40. The topological polar surface area (TPSA) is 220 Å². The maximum Gasteiger partial charge on any atom is 0.276 e. The van der Waals surface area contributed by atoms with Crippen molar-refractivity contribution in [3.63, 3.8) is 0 Å². The van der Waals surface area contributed by atoms with Crippen LogP contribution in [-0.4, -0.2) is 91.8 Å². The normalized spacial score (nSPS) is 20.1. The number of aromatic nitrogens is 4. The number of amides is 2. The fraction of sp³-hybridized carbons (Fsp3) is 0.323. The van der Waals surface area contributed by atoms with Gasteiger partial charge in [-0.2, -0.15) is 0 Å². The number of halogens is 3. The van der Waals surface area contributed by atoms with Gasteiger partial charge in [0.1, 0.15) is 40.2 Å². The average molecular weight is 807 g/mol. The summed E-state index contributed by atoms with van der Waals surface area (Å²) in [5.74, 6) is -3.52. The van der Waals surface area contributed by atoms with Crippen molar-refractivity contribution in [3.05, 3.63) is 80.1 Å². The molecule has 1 unspecified atom stereocenters. The molecular weight excluding hydrogens is 776 g/mol. The summed E-state index contributed by atoms with van der Waals surface area (Å²) in [5.41, 5.74) is 9.17. The molecule has 3 atom stereocenters. The van der Waals surface area contributed by atoms with Crippen LogP contribution in [0.4, 0.5) is 9.52 Å². The van der Waals surface area contributed by atoms with Crippen molar-refractivity contribution in [2.24, 2.45) is 5.16 Å². The second-order valence-electron chi connectivity index (χ2n) is 12.1. The number of nitrogens with one attached hydrogen (secondary N) is 4. The number of hydroxylamine groups is 1. The minimum atomic E-state index is -1.54. The largest absolute Gasteiger partial charge is 0.543 e. The average Bonchev–Trinajstić information content (AvgIpc) is 3.93. The van der Waals surface area contributed by atoms with Crippen molar-refractivity contribution in [1.29, 1.82) is 5.41 Å². The SMILES string of the molecule is CO/N=C(\C(=O)N[C@@H]1C(=O)N2C(C(=O)[O-])=C(C[n+]3ccc4n(Cc5c(F)cc(C(=N)NOC6CCNC6)cc5Cl)ccn43)CS[C@H]12)c1nc(N)sc1Cl. The van der Waals surface area contributed by atoms with E-state index < -0.39 is 35.0 Å². The molecule has 22 heteroatoms. The van der Waals surface area contributed by atoms with Gasteiger partial charge in [-0.1, -0.05) is 39.7 Å². The molecule has 4 aromatic rings. The molecule has 3 aliphatic rings. The first-order chi connectivity index (χ1) is 25.4. The van der Waals surface area contributed by atoms with Crippen LogP contribution in [0.5, 0.6) is 0 Å². The van der Waals surface area contributed by atoms with Crippen LogP contribution in [0, 0.1) is 11.2 Å². The van der Waals surface area contributed by atoms with Crippen LogP contribution in [0.3, 0.4) is 0 Å². The van der Waals surface area contributed by atoms with E-state index in [-0.39, 0.29) is 73.5 Å². The number of nitrogens with two attached hydrogens (primary N) is 1. The molecule has 2 amide bonds. The summed E-state index contributed by atoms with van der Waals surface area (Å²) in [4.78, 5) is 54.4. The molecule has 0 saturated carbocycles. The quantitative estimate of drug-likeness (QED) is 0.0429. The van der Waals surface area contributed by atoms with E-state index in [0.717, 1.165) is 29.2 Å². The molecule has 3 aromatic heterocycles. The van der Waals surface area contributed by atoms with E-state index >= 15 is 4.39 Å². The number of amidine groups is 1. The molecule has 7 rings (SSSR count). The van der Waals surface area contributed by atoms with Gasteiger partial charge in [0.25, 0.3) is 11.8 Å². The summed E-state index contributed by atoms with van der Waals surface area (Å²) < 4.78 is 20.7. The predicted molar refractivity (Wildman–Crippen MR) is 191 cm³/mol. The van der Waals surface area contributed by atoms with E-state index in [9.17, 15) is 19.5 Å². The number of nitrogen functional groups attached to an aromatic ring is 1. The summed E-state index contributed by atoms with van der Waals surface area (Å²) in [7, 11) is 1.22. The number of β-lactam (4-membered cyclic amide) rings is 1. The zero-order valence-corrected chi connectivity index (χ0v) is 30.7. The number of carbonyl (C=O) groups excluding carboxylic acids is 3. The number of carboxylic acids is 1. The van der Waals surface area contributed by atoms with Gasteiger partial charge in [-0.3, -0.25) is 24.7 Å². The molecule has 278 valence electrons. The molecule has 3 aliphatic heterocycles. The van der Waals surface area contributed by atoms with Gasteiger partial charge in [-0.05, 0) is 25.1 Å². The number of hydrogen-bond acceptors (Lipinski definition) is 13. The van der Waals surface area contributed by atoms with Gasteiger partial charge in [0.05, 0.1) is 36.6 Å². The third kappa shape index (κ3) is 7.04. The highest BCUT2D eigenvalue weighted by atomic mass is 35.5. The first kappa shape index (κ1) is 36.6. The number of carboxylic acid groups (broad SMARTS) is 1. The molecule has 1 aromatic carbocycles. The van der Waals surface area contributed by atoms with E-state index in [0.29, 0.717) is 17.8 Å². The molecule has 6 heterocycles. The minimum absolute atomic E-state index is 0.0192. The standard InChI is InChI=1S/C31H30Cl2FN11O6S2/c1-50-40-22(21-25(33)53-31(36)39-21)27(46)38-23-28(47)45-24(30(48)49)15(13-52-29(23)45)11-43-5-3-20-42(6-7-44(20)43)12-17-18(32)8-14(9-19(17)34)26(35)41-51-16-2-4-37-10-16/h3,5-9,16,23,29,37H,2,4,10-13H2,1H3,(H5-,35,36,38,39,41,46,48,49)/b40-22-/t16?,23-,29-/m1/s1. The van der Waals surface area contributed by atoms with Crippen molar-refractivity contribution in [1.82, 2.24) is 35.1 Å². The number of thioether (sulfide) groups is 1. The lowest BCUT2D eigenvalue weighted by atomic mass is 10.0. The number of benzene rings is 1. The lowest BCUT2D eigenvalue weighted by Crippen LogP contribution is -2.71. The predicted octanol–water partition coefficient (Wildman–Crippen LogP) is 0.224. The molecule has 0 aliphatic carbocycles. The molecule has 0 bridgehead atoms. The van der Waals surface area contributed by atoms with E-state index in [1.807, 2.05) is 0 Å². The molecule has 0 spiro atoms. The Bertz CT molecular complexity index is 2190. The number of anilines is 1. The smallest absolute Gasteiger partial charge is 0.276 e. The Labute approximate surface area is 317 Å². The van der Waals surface area contributed by atoms with Crippen LogP contribution >= 0.6 is 46.3 Å². The van der Waals surface area contributed by atoms with Gasteiger partial charge in [0, 0.05) is 40.2 Å². The van der Waals surface area contributed by atoms with Crippen LogP contribution in [0.25, 0.3) is 5.65 Å². The number of aliphatic carboxylic acids is 1. The number of carbonyl (C=O) groups is 3. The van der Waals surface area contributed by atoms with Gasteiger partial charge in [0.15, 0.2) is 29.2 Å². The van der Waals surface area contributed by atoms with Gasteiger partial charge in [-0.15, -0.1) is 21.0 Å². The third-order valence-corrected chi connectivity index (χ3v) is 11.6. The first-order valence-electron chi connectivity index (χ1n) is 15.9. The monoisotopic (exact) mass is 805 g/mol. The Hall–Kier alpha value is -4.73. The minimum Gasteiger partial charge on any atom is -0.543 e. The Morgan fingerprint density at radius 1 is 1.32 bits per heavy atom. The number of nitrogens with zero attached hydrogens (tertiary/aromatic N) is 6. The fourth-order valence-corrected chi connectivity index (χ4v) is 8.78. The van der Waals surface area contributed by atoms with Crippen LogP contribution in [0.2, 0.25) is 9.36 Å². The van der Waals surface area contributed by atoms with E-state index in [2.05, 4.69) is 26.3 Å². The summed E-state index contributed by atoms with van der Waals surface area (Å²) in [5, 5.41) is 29.6. The number of fused-ring (bicyclic) bond motifs is 2. The first-order valence-corrected chi connectivity index (χ1v) is 18.5. The molecule has 6 N–H and O–H groups in total. The molecule has 53 heavy (non-hydrogen) atoms. The number of thiazole rings is 1. The van der Waals surface area contributed by atoms with Crippen molar-refractivity contribution >= 4 is 86.4 Å². The number of hydrogen-bond donors (Lipinski definition) is 5. The Kier molecular flexibility index (Phi) is 10.3. The molecule has 17 nitrogen and oxygen atoms in total. The van der Waals surface area contributed by atoms with E-state index in [4.69, 9.17) is 44.0 Å². The second kappa shape index (κ2) is 15.0. The maximum atomic E-state index is 15.4. The Balaban J connectivity index is 1.05. The molecule has 0 radical (unpaired) electrons. The van der Waals surface area contributed by atoms with Crippen LogP contribution in [-0.2, 0) is 37.1 Å². The third-order valence-electron chi connectivity index (χ3n) is 8.79. The van der Waals surface area contributed by atoms with E-state index in [1.54, 1.807) is 38.4 Å². The molecular formula is C31H30Cl2FN11O6S2. The van der Waals surface area contributed by atoms with Gasteiger partial charge in [-0.25, -0.2) is 14.9 Å². The van der Waals surface area contributed by atoms with Gasteiger partial charge < -0.3 is 35.7 Å². The summed E-state index contributed by atoms with van der Waals surface area (Å²) >= 11 is 14.9. The van der Waals surface area contributed by atoms with E-state index in [1.165, 1.54) is 31.0 Å². The van der Waals surface area contributed by atoms with Crippen molar-refractivity contribution in [2.75, 3.05) is 31.7 Å². The Morgan fingerprint density at radius 3 is 2.81 bits per heavy atom. The van der Waals surface area contributed by atoms with Crippen molar-refractivity contribution in [2.45, 2.75) is 37.0 Å². The number of oxime groups is 1. The lowest BCUT2D eigenvalue weighted by molar-refractivity contribution is -0.753. The molecule has 2 saturated heterocycles. The zero-order valence-electron chi connectivity index (χ0n) is 27.6. The number of rotatable bonds is 12. The van der Waals surface area contributed by atoms with Crippen LogP contribution in [0.15, 0.2) is 53.2 Å². The second-order valence-corrected chi connectivity index (χ2v) is 15.2. The lowest BCUT2D eigenvalue weighted by Gasteiger charge is -2.50. The summed E-state index contributed by atoms with van der Waals surface area (Å²) in [6.45, 7) is 1.62. The van der Waals surface area contributed by atoms with Gasteiger partial charge in [0.2, 0.25) is 0 Å². The highest BCUT2D eigenvalue weighted by Gasteiger charge is 2.53. The maximum absolute atomic E-state index is 15.4. The summed E-state index contributed by atoms with van der Waals surface area (Å²) in [6.07, 6.45) is 5.88. The fourth-order valence-electron chi connectivity index (χ4n) is 6.25. The van der Waals surface area contributed by atoms with Crippen molar-refractivity contribution < 1.29 is 38.2 Å². The van der Waals surface area contributed by atoms with Crippen molar-refractivity contribution in [3.8, 4) is 0 Å². The van der Waals surface area contributed by atoms with Gasteiger partial charge >= 0.3 is 0 Å². The van der Waals surface area contributed by atoms with Crippen LogP contribution < -0.4 is 31.6 Å². The number of imidazole rings is 1. The highest BCUT2D eigenvalue weighted by molar-refractivity contribution is 8.00. The zero-order chi connectivity index (χ0) is 37.6. The van der Waals surface area contributed by atoms with Crippen LogP contribution in [0.1, 0.15) is 23.2 Å². The Morgan fingerprint density at radius 2 is 2.13 bits per heavy atom. The molecule has 2 fully saturated rings. The summed E-state index contributed by atoms with van der Waals surface area (Å²) in [6, 6.07) is 3.42.